The van der Waals surface area contributed by atoms with Gasteiger partial charge in [-0.2, -0.15) is 0 Å². The van der Waals surface area contributed by atoms with Crippen molar-refractivity contribution in [2.45, 2.75) is 6.04 Å². The summed E-state index contributed by atoms with van der Waals surface area (Å²) in [5, 5.41) is 2.81. The predicted molar refractivity (Wildman–Crippen MR) is 79.8 cm³/mol. The Hall–Kier alpha value is -2.75. The van der Waals surface area contributed by atoms with E-state index in [0.29, 0.717) is 5.76 Å². The van der Waals surface area contributed by atoms with E-state index < -0.39 is 6.09 Å². The molecule has 3 rings (SSSR count). The van der Waals surface area contributed by atoms with Crippen LogP contribution in [0.4, 0.5) is 4.79 Å². The molecule has 1 aliphatic heterocycles. The number of ether oxygens (including phenoxy) is 2. The minimum atomic E-state index is -0.432. The van der Waals surface area contributed by atoms with Gasteiger partial charge in [0.1, 0.15) is 17.6 Å². The molecule has 1 unspecified atom stereocenters. The summed E-state index contributed by atoms with van der Waals surface area (Å²) in [6.45, 7) is 0. The summed E-state index contributed by atoms with van der Waals surface area (Å²) in [5.74, 6) is 1.37. The van der Waals surface area contributed by atoms with E-state index in [4.69, 9.17) is 9.47 Å². The van der Waals surface area contributed by atoms with Crippen LogP contribution in [0, 0.1) is 0 Å². The maximum atomic E-state index is 11.6. The van der Waals surface area contributed by atoms with E-state index in [2.05, 4.69) is 5.32 Å². The smallest absolute Gasteiger partial charge is 0.413 e. The minimum absolute atomic E-state index is 0.274. The number of cyclic esters (lactones) is 1. The highest BCUT2D eigenvalue weighted by molar-refractivity contribution is 5.75. The van der Waals surface area contributed by atoms with Gasteiger partial charge in [-0.15, -0.1) is 0 Å². The summed E-state index contributed by atoms with van der Waals surface area (Å²) in [4.78, 5) is 11.6. The van der Waals surface area contributed by atoms with E-state index in [0.717, 1.165) is 16.9 Å². The lowest BCUT2D eigenvalue weighted by molar-refractivity contribution is 0.195. The average molecular weight is 281 g/mol. The molecule has 1 saturated heterocycles. The summed E-state index contributed by atoms with van der Waals surface area (Å²) in [5.41, 5.74) is 1.94. The third-order valence-electron chi connectivity index (χ3n) is 3.31. The van der Waals surface area contributed by atoms with Gasteiger partial charge in [0.05, 0.1) is 7.11 Å². The second-order valence-electron chi connectivity index (χ2n) is 4.70. The van der Waals surface area contributed by atoms with Crippen LogP contribution in [0.15, 0.2) is 60.4 Å². The number of amides is 1. The number of alkyl carbamates (subject to hydrolysis) is 1. The number of hydrogen-bond acceptors (Lipinski definition) is 3. The summed E-state index contributed by atoms with van der Waals surface area (Å²) in [6, 6.07) is 17.0. The molecular weight excluding hydrogens is 266 g/mol. The molecular formula is C17H15NO3. The van der Waals surface area contributed by atoms with Crippen LogP contribution in [-0.4, -0.2) is 13.2 Å². The highest BCUT2D eigenvalue weighted by Gasteiger charge is 2.29. The second kappa shape index (κ2) is 5.71. The van der Waals surface area contributed by atoms with Crippen LogP contribution >= 0.6 is 0 Å². The van der Waals surface area contributed by atoms with Crippen molar-refractivity contribution in [1.29, 1.82) is 0 Å². The molecule has 0 saturated carbocycles. The average Bonchev–Trinajstić information content (AvgIpc) is 2.89. The zero-order valence-corrected chi connectivity index (χ0v) is 11.6. The van der Waals surface area contributed by atoms with Crippen LogP contribution in [0.3, 0.4) is 0 Å². The normalized spacial score (nSPS) is 19.2. The highest BCUT2D eigenvalue weighted by atomic mass is 16.6. The molecule has 2 aromatic rings. The minimum Gasteiger partial charge on any atom is -0.497 e. The molecule has 2 aromatic carbocycles. The fourth-order valence-corrected chi connectivity index (χ4v) is 2.25. The quantitative estimate of drug-likeness (QED) is 0.936. The topological polar surface area (TPSA) is 47.6 Å². The molecule has 1 amide bonds. The van der Waals surface area contributed by atoms with Crippen molar-refractivity contribution in [2.75, 3.05) is 7.11 Å². The zero-order valence-electron chi connectivity index (χ0n) is 11.6. The second-order valence-corrected chi connectivity index (χ2v) is 4.70. The van der Waals surface area contributed by atoms with Crippen molar-refractivity contribution in [2.24, 2.45) is 0 Å². The van der Waals surface area contributed by atoms with Gasteiger partial charge in [-0.3, -0.25) is 0 Å². The Bertz CT molecular complexity index is 662. The van der Waals surface area contributed by atoms with Crippen LogP contribution in [0.25, 0.3) is 6.08 Å². The molecule has 1 aliphatic rings. The molecule has 1 fully saturated rings. The summed E-state index contributed by atoms with van der Waals surface area (Å²) < 4.78 is 10.4. The molecule has 21 heavy (non-hydrogen) atoms. The zero-order chi connectivity index (χ0) is 14.7. The number of carbonyl (C=O) groups is 1. The van der Waals surface area contributed by atoms with E-state index in [1.165, 1.54) is 0 Å². The van der Waals surface area contributed by atoms with Gasteiger partial charge < -0.3 is 14.8 Å². The lowest BCUT2D eigenvalue weighted by Gasteiger charge is -2.10. The summed E-state index contributed by atoms with van der Waals surface area (Å²) in [6.07, 6.45) is 1.44. The Kier molecular flexibility index (Phi) is 3.60. The molecule has 1 heterocycles. The van der Waals surface area contributed by atoms with Crippen LogP contribution in [-0.2, 0) is 4.74 Å². The molecule has 4 heteroatoms. The molecule has 0 aliphatic carbocycles. The van der Waals surface area contributed by atoms with Crippen molar-refractivity contribution in [3.63, 3.8) is 0 Å². The van der Waals surface area contributed by atoms with E-state index in [1.807, 2.05) is 60.7 Å². The van der Waals surface area contributed by atoms with Gasteiger partial charge in [0.2, 0.25) is 0 Å². The first kappa shape index (κ1) is 13.2. The van der Waals surface area contributed by atoms with Crippen LogP contribution in [0.1, 0.15) is 17.2 Å². The molecule has 0 spiro atoms. The molecule has 106 valence electrons. The van der Waals surface area contributed by atoms with Gasteiger partial charge in [-0.05, 0) is 29.3 Å². The SMILES string of the molecule is COc1ccc(C2NC(=O)O/C2=C\c2ccccc2)cc1. The molecule has 1 N–H and O–H groups in total. The van der Waals surface area contributed by atoms with E-state index in [-0.39, 0.29) is 6.04 Å². The van der Waals surface area contributed by atoms with Crippen LogP contribution in [0.5, 0.6) is 5.75 Å². The number of hydrogen-bond donors (Lipinski definition) is 1. The Morgan fingerprint density at radius 1 is 1.10 bits per heavy atom. The Labute approximate surface area is 123 Å². The number of benzene rings is 2. The molecule has 4 nitrogen and oxygen atoms in total. The molecule has 0 radical (unpaired) electrons. The van der Waals surface area contributed by atoms with E-state index >= 15 is 0 Å². The monoisotopic (exact) mass is 281 g/mol. The summed E-state index contributed by atoms with van der Waals surface area (Å²) in [7, 11) is 1.62. The predicted octanol–water partition coefficient (Wildman–Crippen LogP) is 3.52. The van der Waals surface area contributed by atoms with Gasteiger partial charge >= 0.3 is 6.09 Å². The Morgan fingerprint density at radius 2 is 1.81 bits per heavy atom. The maximum absolute atomic E-state index is 11.6. The van der Waals surface area contributed by atoms with Gasteiger partial charge in [-0.1, -0.05) is 42.5 Å². The maximum Gasteiger partial charge on any atom is 0.413 e. The van der Waals surface area contributed by atoms with Crippen molar-refractivity contribution in [1.82, 2.24) is 5.32 Å². The van der Waals surface area contributed by atoms with Gasteiger partial charge in [-0.25, -0.2) is 4.79 Å². The standard InChI is InChI=1S/C17H15NO3/c1-20-14-9-7-13(8-10-14)16-15(21-17(19)18-16)11-12-5-3-2-4-6-12/h2-11,16H,1H3,(H,18,19)/b15-11-. The number of methoxy groups -OCH3 is 1. The van der Waals surface area contributed by atoms with Gasteiger partial charge in [0.25, 0.3) is 0 Å². The van der Waals surface area contributed by atoms with Crippen molar-refractivity contribution >= 4 is 12.2 Å². The van der Waals surface area contributed by atoms with Gasteiger partial charge in [0, 0.05) is 0 Å². The first-order valence-corrected chi connectivity index (χ1v) is 6.65. The summed E-state index contributed by atoms with van der Waals surface area (Å²) >= 11 is 0. The van der Waals surface area contributed by atoms with Crippen molar-refractivity contribution < 1.29 is 14.3 Å². The van der Waals surface area contributed by atoms with Crippen molar-refractivity contribution in [3.8, 4) is 5.75 Å². The third-order valence-corrected chi connectivity index (χ3v) is 3.31. The number of nitrogens with one attached hydrogen (secondary N) is 1. The Balaban J connectivity index is 1.92. The van der Waals surface area contributed by atoms with E-state index in [9.17, 15) is 4.79 Å². The van der Waals surface area contributed by atoms with Crippen LogP contribution < -0.4 is 10.1 Å². The third kappa shape index (κ3) is 2.89. The molecule has 1 atom stereocenters. The van der Waals surface area contributed by atoms with Crippen LogP contribution in [0.2, 0.25) is 0 Å². The number of carbonyl (C=O) groups excluding carboxylic acids is 1. The van der Waals surface area contributed by atoms with Crippen molar-refractivity contribution in [3.05, 3.63) is 71.5 Å². The number of rotatable bonds is 3. The fraction of sp³-hybridized carbons (Fsp3) is 0.118. The van der Waals surface area contributed by atoms with E-state index in [1.54, 1.807) is 7.11 Å². The van der Waals surface area contributed by atoms with Gasteiger partial charge in [0.15, 0.2) is 0 Å². The largest absolute Gasteiger partial charge is 0.497 e. The lowest BCUT2D eigenvalue weighted by atomic mass is 10.0. The molecule has 0 bridgehead atoms. The first-order valence-electron chi connectivity index (χ1n) is 6.65. The lowest BCUT2D eigenvalue weighted by Crippen LogP contribution is -2.17. The first-order chi connectivity index (χ1) is 10.3. The Morgan fingerprint density at radius 3 is 2.48 bits per heavy atom. The molecule has 0 aromatic heterocycles. The fourth-order valence-electron chi connectivity index (χ4n) is 2.25. The highest BCUT2D eigenvalue weighted by Crippen LogP contribution is 2.30.